The molecule has 0 saturated carbocycles. The topological polar surface area (TPSA) is 66.5 Å². The average Bonchev–Trinajstić information content (AvgIpc) is 2.60. The molecule has 1 fully saturated rings. The van der Waals surface area contributed by atoms with Gasteiger partial charge in [0.2, 0.25) is 10.0 Å². The van der Waals surface area contributed by atoms with E-state index in [-0.39, 0.29) is 22.3 Å². The molecule has 1 aliphatic heterocycles. The lowest BCUT2D eigenvalue weighted by atomic mass is 9.94. The van der Waals surface area contributed by atoms with Gasteiger partial charge >= 0.3 is 0 Å². The quantitative estimate of drug-likeness (QED) is 0.677. The lowest BCUT2D eigenvalue weighted by molar-refractivity contribution is 0.0948. The lowest BCUT2D eigenvalue weighted by Gasteiger charge is -2.34. The number of carbonyl (C=O) groups excluding carboxylic acids is 1. The number of carbonyl (C=O) groups is 1. The van der Waals surface area contributed by atoms with E-state index >= 15 is 0 Å². The normalized spacial score (nSPS) is 21.2. The number of halogens is 1. The van der Waals surface area contributed by atoms with Crippen molar-refractivity contribution in [1.82, 2.24) is 9.62 Å². The number of hydrogen-bond acceptors (Lipinski definition) is 3. The van der Waals surface area contributed by atoms with E-state index in [1.54, 1.807) is 0 Å². The van der Waals surface area contributed by atoms with Crippen LogP contribution in [0.4, 0.5) is 4.39 Å². The molecular formula is C20H31FN2O3S. The second-order valence-electron chi connectivity index (χ2n) is 7.73. The maximum atomic E-state index is 14.1. The van der Waals surface area contributed by atoms with Crippen LogP contribution in [-0.4, -0.2) is 38.3 Å². The second kappa shape index (κ2) is 9.64. The minimum absolute atomic E-state index is 0.0265. The monoisotopic (exact) mass is 398 g/mol. The van der Waals surface area contributed by atoms with Gasteiger partial charge < -0.3 is 5.32 Å². The molecule has 2 atom stereocenters. The Morgan fingerprint density at radius 2 is 1.85 bits per heavy atom. The van der Waals surface area contributed by atoms with E-state index in [1.165, 1.54) is 10.4 Å². The van der Waals surface area contributed by atoms with Gasteiger partial charge in [0.05, 0.1) is 10.5 Å². The molecular weight excluding hydrogens is 367 g/mol. The fourth-order valence-corrected chi connectivity index (χ4v) is 5.35. The molecule has 0 aliphatic carbocycles. The number of sulfonamides is 1. The number of nitrogens with zero attached hydrogens (tertiary/aromatic N) is 1. The predicted octanol–water partition coefficient (Wildman–Crippen LogP) is 3.80. The van der Waals surface area contributed by atoms with E-state index in [4.69, 9.17) is 0 Å². The largest absolute Gasteiger partial charge is 0.352 e. The molecule has 2 rings (SSSR count). The third kappa shape index (κ3) is 5.75. The molecule has 1 aliphatic rings. The fraction of sp³-hybridized carbons (Fsp3) is 0.650. The summed E-state index contributed by atoms with van der Waals surface area (Å²) in [5.41, 5.74) is -0.218. The van der Waals surface area contributed by atoms with Crippen LogP contribution in [0.25, 0.3) is 0 Å². The van der Waals surface area contributed by atoms with Crippen molar-refractivity contribution in [2.24, 2.45) is 11.8 Å². The number of benzene rings is 1. The number of nitrogens with one attached hydrogen (secondary N) is 1. The van der Waals surface area contributed by atoms with Crippen LogP contribution < -0.4 is 5.32 Å². The summed E-state index contributed by atoms with van der Waals surface area (Å²) in [5, 5.41) is 2.68. The molecule has 7 heteroatoms. The molecule has 1 saturated heterocycles. The minimum Gasteiger partial charge on any atom is -0.352 e. The third-order valence-electron chi connectivity index (χ3n) is 4.97. The highest BCUT2D eigenvalue weighted by molar-refractivity contribution is 7.89. The van der Waals surface area contributed by atoms with Gasteiger partial charge in [0, 0.05) is 19.6 Å². The van der Waals surface area contributed by atoms with Crippen molar-refractivity contribution in [1.29, 1.82) is 0 Å². The number of unbranched alkanes of at least 4 members (excludes halogenated alkanes) is 3. The maximum absolute atomic E-state index is 14.1. The Hall–Kier alpha value is -1.47. The first-order valence-electron chi connectivity index (χ1n) is 9.83. The molecule has 0 spiro atoms. The van der Waals surface area contributed by atoms with E-state index in [2.05, 4.69) is 12.2 Å². The Kier molecular flexibility index (Phi) is 7.79. The zero-order valence-electron chi connectivity index (χ0n) is 16.5. The summed E-state index contributed by atoms with van der Waals surface area (Å²) in [4.78, 5) is 12.3. The highest BCUT2D eigenvalue weighted by atomic mass is 32.2. The van der Waals surface area contributed by atoms with Gasteiger partial charge in [0.15, 0.2) is 0 Å². The van der Waals surface area contributed by atoms with Crippen LogP contribution in [0.1, 0.15) is 63.2 Å². The maximum Gasteiger partial charge on any atom is 0.254 e. The SMILES string of the molecule is CCCCCCNC(=O)c1cc(S(=O)(=O)N2C[C@H](C)C[C@@H](C)C2)ccc1F. The zero-order chi connectivity index (χ0) is 20.0. The first-order chi connectivity index (χ1) is 12.8. The number of piperidine rings is 1. The minimum atomic E-state index is -3.75. The van der Waals surface area contributed by atoms with Gasteiger partial charge in [-0.25, -0.2) is 12.8 Å². The van der Waals surface area contributed by atoms with Crippen molar-refractivity contribution in [3.05, 3.63) is 29.6 Å². The Bertz CT molecular complexity index is 742. The number of rotatable bonds is 8. The van der Waals surface area contributed by atoms with Gasteiger partial charge in [-0.1, -0.05) is 40.0 Å². The first-order valence-corrected chi connectivity index (χ1v) is 11.3. The number of hydrogen-bond donors (Lipinski definition) is 1. The van der Waals surface area contributed by atoms with Gasteiger partial charge in [-0.05, 0) is 42.9 Å². The van der Waals surface area contributed by atoms with Gasteiger partial charge in [0.25, 0.3) is 5.91 Å². The number of amides is 1. The summed E-state index contributed by atoms with van der Waals surface area (Å²) in [6, 6.07) is 3.47. The smallest absolute Gasteiger partial charge is 0.254 e. The highest BCUT2D eigenvalue weighted by Crippen LogP contribution is 2.27. The second-order valence-corrected chi connectivity index (χ2v) is 9.66. The van der Waals surface area contributed by atoms with Crippen molar-refractivity contribution < 1.29 is 17.6 Å². The molecule has 5 nitrogen and oxygen atoms in total. The van der Waals surface area contributed by atoms with Crippen LogP contribution in [0, 0.1) is 17.7 Å². The van der Waals surface area contributed by atoms with Crippen molar-refractivity contribution in [3.8, 4) is 0 Å². The van der Waals surface area contributed by atoms with Gasteiger partial charge in [0.1, 0.15) is 5.82 Å². The Labute approximate surface area is 162 Å². The molecule has 152 valence electrons. The van der Waals surface area contributed by atoms with E-state index < -0.39 is 21.7 Å². The Balaban J connectivity index is 2.14. The standard InChI is InChI=1S/C20H31FN2O3S/c1-4-5-6-7-10-22-20(24)18-12-17(8-9-19(18)21)27(25,26)23-13-15(2)11-16(3)14-23/h8-9,12,15-16H,4-7,10-11,13-14H2,1-3H3,(H,22,24)/t15-,16-/m1/s1. The van der Waals surface area contributed by atoms with E-state index in [9.17, 15) is 17.6 Å². The van der Waals surface area contributed by atoms with Gasteiger partial charge in [-0.2, -0.15) is 4.31 Å². The van der Waals surface area contributed by atoms with Crippen molar-refractivity contribution in [3.63, 3.8) is 0 Å². The summed E-state index contributed by atoms with van der Waals surface area (Å²) >= 11 is 0. The summed E-state index contributed by atoms with van der Waals surface area (Å²) < 4.78 is 41.5. The van der Waals surface area contributed by atoms with Crippen LogP contribution in [0.15, 0.2) is 23.1 Å². The van der Waals surface area contributed by atoms with Crippen LogP contribution in [0.3, 0.4) is 0 Å². The van der Waals surface area contributed by atoms with Crippen LogP contribution in [0.5, 0.6) is 0 Å². The van der Waals surface area contributed by atoms with Crippen LogP contribution in [-0.2, 0) is 10.0 Å². The molecule has 1 aromatic rings. The predicted molar refractivity (Wildman–Crippen MR) is 105 cm³/mol. The first kappa shape index (κ1) is 21.8. The molecule has 0 aromatic heterocycles. The van der Waals surface area contributed by atoms with Crippen molar-refractivity contribution in [2.75, 3.05) is 19.6 Å². The summed E-state index contributed by atoms with van der Waals surface area (Å²) in [5.74, 6) is -0.730. The van der Waals surface area contributed by atoms with Crippen molar-refractivity contribution in [2.45, 2.75) is 57.8 Å². The van der Waals surface area contributed by atoms with E-state index in [0.29, 0.717) is 19.6 Å². The molecule has 0 bridgehead atoms. The third-order valence-corrected chi connectivity index (χ3v) is 6.80. The van der Waals surface area contributed by atoms with Crippen LogP contribution >= 0.6 is 0 Å². The van der Waals surface area contributed by atoms with Crippen molar-refractivity contribution >= 4 is 15.9 Å². The Morgan fingerprint density at radius 3 is 2.48 bits per heavy atom. The zero-order valence-corrected chi connectivity index (χ0v) is 17.3. The average molecular weight is 399 g/mol. The fourth-order valence-electron chi connectivity index (χ4n) is 3.64. The van der Waals surface area contributed by atoms with Gasteiger partial charge in [-0.15, -0.1) is 0 Å². The molecule has 1 aromatic carbocycles. The summed E-state index contributed by atoms with van der Waals surface area (Å²) in [6.07, 6.45) is 4.99. The highest BCUT2D eigenvalue weighted by Gasteiger charge is 2.32. The summed E-state index contributed by atoms with van der Waals surface area (Å²) in [7, 11) is -3.75. The molecule has 1 heterocycles. The Morgan fingerprint density at radius 1 is 1.19 bits per heavy atom. The summed E-state index contributed by atoms with van der Waals surface area (Å²) in [6.45, 7) is 7.51. The molecule has 1 N–H and O–H groups in total. The van der Waals surface area contributed by atoms with E-state index in [1.807, 2.05) is 13.8 Å². The molecule has 0 unspecified atom stereocenters. The van der Waals surface area contributed by atoms with E-state index in [0.717, 1.165) is 44.2 Å². The van der Waals surface area contributed by atoms with Gasteiger partial charge in [-0.3, -0.25) is 4.79 Å². The van der Waals surface area contributed by atoms with Crippen LogP contribution in [0.2, 0.25) is 0 Å². The molecule has 0 radical (unpaired) electrons. The molecule has 27 heavy (non-hydrogen) atoms. The lowest BCUT2D eigenvalue weighted by Crippen LogP contribution is -2.42. The molecule has 1 amide bonds.